The molecule has 0 amide bonds. The molecule has 0 unspecified atom stereocenters. The molecule has 1 aliphatic heterocycles. The monoisotopic (exact) mass is 292 g/mol. The fraction of sp³-hybridized carbons (Fsp3) is 0.417. The molecule has 2 rings (SSSR count). The molecule has 1 heterocycles. The van der Waals surface area contributed by atoms with Crippen molar-refractivity contribution in [2.75, 3.05) is 38.2 Å². The van der Waals surface area contributed by atoms with Crippen molar-refractivity contribution in [2.24, 2.45) is 0 Å². The quantitative estimate of drug-likeness (QED) is 0.434. The van der Waals surface area contributed by atoms with Crippen molar-refractivity contribution in [3.63, 3.8) is 0 Å². The number of rotatable bonds is 2. The van der Waals surface area contributed by atoms with E-state index in [0.717, 1.165) is 37.6 Å². The molecule has 0 bridgehead atoms. The Morgan fingerprint density at radius 3 is 2.44 bits per heavy atom. The second-order valence-corrected chi connectivity index (χ2v) is 5.04. The van der Waals surface area contributed by atoms with Gasteiger partial charge in [-0.1, -0.05) is 24.4 Å². The molecule has 94 valence electrons. The molecule has 3 nitrogen and oxygen atoms in total. The van der Waals surface area contributed by atoms with Crippen LogP contribution >= 0.6 is 24.8 Å². The number of hydrogen-bond donors (Lipinski definition) is 1. The molecule has 0 N–H and O–H groups in total. The van der Waals surface area contributed by atoms with E-state index in [1.807, 2.05) is 18.2 Å². The van der Waals surface area contributed by atoms with E-state index in [1.54, 1.807) is 7.11 Å². The first kappa shape index (κ1) is 16.1. The first-order valence-corrected chi connectivity index (χ1v) is 6.44. The second-order valence-electron chi connectivity index (χ2n) is 3.93. The molecule has 18 heavy (non-hydrogen) atoms. The smallest absolute Gasteiger partial charge is 1.00 e. The number of para-hydroxylation sites is 2. The van der Waals surface area contributed by atoms with Crippen LogP contribution in [0.3, 0.4) is 0 Å². The molecule has 0 saturated carbocycles. The largest absolute Gasteiger partial charge is 1.00 e. The number of anilines is 1. The van der Waals surface area contributed by atoms with Gasteiger partial charge in [0.25, 0.3) is 0 Å². The number of piperazine rings is 1. The van der Waals surface area contributed by atoms with Crippen molar-refractivity contribution >= 4 is 34.9 Å². The summed E-state index contributed by atoms with van der Waals surface area (Å²) in [5.74, 6) is 0.925. The number of methoxy groups -OCH3 is 1. The first-order valence-electron chi connectivity index (χ1n) is 5.58. The van der Waals surface area contributed by atoms with E-state index < -0.39 is 0 Å². The van der Waals surface area contributed by atoms with Gasteiger partial charge in [0.1, 0.15) is 10.1 Å². The van der Waals surface area contributed by atoms with Gasteiger partial charge in [-0.25, -0.2) is 0 Å². The molecule has 0 radical (unpaired) electrons. The van der Waals surface area contributed by atoms with Gasteiger partial charge in [0, 0.05) is 26.2 Å². The summed E-state index contributed by atoms with van der Waals surface area (Å²) in [6.45, 7) is 3.73. The third kappa shape index (κ3) is 3.78. The van der Waals surface area contributed by atoms with Crippen LogP contribution in [-0.2, 0) is 0 Å². The molecule has 1 fully saturated rings. The van der Waals surface area contributed by atoms with Gasteiger partial charge in [0.2, 0.25) is 0 Å². The summed E-state index contributed by atoms with van der Waals surface area (Å²) < 4.78 is 6.06. The number of hydrogen-bond acceptors (Lipinski definition) is 3. The maximum absolute atomic E-state index is 5.38. The summed E-state index contributed by atoms with van der Waals surface area (Å²) in [4.78, 5) is 4.44. The standard InChI is InChI=1S/C12H16N2OS2.Na.H/c1-15-11-5-3-2-4-10(11)13-6-8-14(9-7-13)12(16)17;;/h2-5H,6-9H2,1H3,(H,16,17);;/q;+1;-1. The SMILES string of the molecule is COc1ccccc1N1CCN(C(=S)S)CC1.[H-].[Na+]. The van der Waals surface area contributed by atoms with Gasteiger partial charge < -0.3 is 16.0 Å². The Bertz CT molecular complexity index is 414. The molecule has 0 atom stereocenters. The van der Waals surface area contributed by atoms with Crippen LogP contribution in [0.4, 0.5) is 5.69 Å². The molecule has 1 aromatic rings. The predicted molar refractivity (Wildman–Crippen MR) is 79.5 cm³/mol. The van der Waals surface area contributed by atoms with Crippen LogP contribution in [0, 0.1) is 0 Å². The average molecular weight is 292 g/mol. The number of nitrogens with zero attached hydrogens (tertiary/aromatic N) is 2. The maximum Gasteiger partial charge on any atom is 1.00 e. The van der Waals surface area contributed by atoms with Gasteiger partial charge in [-0.05, 0) is 12.1 Å². The Morgan fingerprint density at radius 2 is 1.89 bits per heavy atom. The van der Waals surface area contributed by atoms with E-state index >= 15 is 0 Å². The molecule has 1 saturated heterocycles. The second kappa shape index (κ2) is 7.60. The van der Waals surface area contributed by atoms with E-state index in [0.29, 0.717) is 4.32 Å². The van der Waals surface area contributed by atoms with E-state index in [2.05, 4.69) is 28.5 Å². The minimum atomic E-state index is 0. The average Bonchev–Trinajstić information content (AvgIpc) is 2.39. The molecular weight excluding hydrogens is 275 g/mol. The Kier molecular flexibility index (Phi) is 6.81. The minimum Gasteiger partial charge on any atom is -1.00 e. The van der Waals surface area contributed by atoms with E-state index in [4.69, 9.17) is 17.0 Å². The van der Waals surface area contributed by atoms with Gasteiger partial charge in [-0.3, -0.25) is 0 Å². The summed E-state index contributed by atoms with van der Waals surface area (Å²) >= 11 is 9.28. The summed E-state index contributed by atoms with van der Waals surface area (Å²) in [5, 5.41) is 0. The maximum atomic E-state index is 5.38. The van der Waals surface area contributed by atoms with Gasteiger partial charge in [0.15, 0.2) is 0 Å². The summed E-state index contributed by atoms with van der Waals surface area (Å²) in [5.41, 5.74) is 1.15. The molecule has 0 aromatic heterocycles. The third-order valence-corrected chi connectivity index (χ3v) is 3.52. The summed E-state index contributed by atoms with van der Waals surface area (Å²) in [6, 6.07) is 8.10. The molecule has 1 aliphatic rings. The van der Waals surface area contributed by atoms with Crippen molar-refractivity contribution in [3.8, 4) is 5.75 Å². The van der Waals surface area contributed by atoms with Crippen molar-refractivity contribution in [1.29, 1.82) is 0 Å². The zero-order valence-corrected chi connectivity index (χ0v) is 14.5. The van der Waals surface area contributed by atoms with Gasteiger partial charge in [0.05, 0.1) is 12.8 Å². The van der Waals surface area contributed by atoms with E-state index in [-0.39, 0.29) is 31.0 Å². The molecule has 6 heteroatoms. The topological polar surface area (TPSA) is 15.7 Å². The van der Waals surface area contributed by atoms with Gasteiger partial charge >= 0.3 is 29.6 Å². The van der Waals surface area contributed by atoms with Crippen molar-refractivity contribution in [3.05, 3.63) is 24.3 Å². The van der Waals surface area contributed by atoms with Crippen LogP contribution in [0.25, 0.3) is 0 Å². The molecule has 0 aliphatic carbocycles. The Hall–Kier alpha value is 0.0600. The predicted octanol–water partition coefficient (Wildman–Crippen LogP) is -0.852. The summed E-state index contributed by atoms with van der Waals surface area (Å²) in [6.07, 6.45) is 0. The van der Waals surface area contributed by atoms with Crippen LogP contribution in [-0.4, -0.2) is 42.5 Å². The Morgan fingerprint density at radius 1 is 1.28 bits per heavy atom. The van der Waals surface area contributed by atoms with E-state index in [1.165, 1.54) is 0 Å². The molecular formula is C12H17N2NaOS2. The van der Waals surface area contributed by atoms with Crippen LogP contribution in [0.15, 0.2) is 24.3 Å². The van der Waals surface area contributed by atoms with Gasteiger partial charge in [-0.15, -0.1) is 12.6 Å². The number of benzene rings is 1. The number of ether oxygens (including phenoxy) is 1. The Labute approximate surface area is 143 Å². The van der Waals surface area contributed by atoms with Crippen LogP contribution in [0.1, 0.15) is 1.43 Å². The van der Waals surface area contributed by atoms with Crippen molar-refractivity contribution in [1.82, 2.24) is 4.90 Å². The fourth-order valence-corrected chi connectivity index (χ4v) is 2.41. The number of thiocarbonyl (C=S) groups is 1. The third-order valence-electron chi connectivity index (χ3n) is 2.98. The zero-order chi connectivity index (χ0) is 12.3. The summed E-state index contributed by atoms with van der Waals surface area (Å²) in [7, 11) is 1.71. The van der Waals surface area contributed by atoms with Gasteiger partial charge in [-0.2, -0.15) is 0 Å². The number of thiol groups is 1. The molecule has 1 aromatic carbocycles. The fourth-order valence-electron chi connectivity index (χ4n) is 2.03. The van der Waals surface area contributed by atoms with Crippen LogP contribution in [0.2, 0.25) is 0 Å². The van der Waals surface area contributed by atoms with Crippen LogP contribution in [0.5, 0.6) is 5.75 Å². The van der Waals surface area contributed by atoms with Crippen LogP contribution < -0.4 is 39.2 Å². The first-order chi connectivity index (χ1) is 8.22. The Balaban J connectivity index is 0.00000162. The van der Waals surface area contributed by atoms with Crippen molar-refractivity contribution in [2.45, 2.75) is 0 Å². The normalized spacial score (nSPS) is 15.0. The minimum absolute atomic E-state index is 0. The zero-order valence-electron chi connectivity index (χ0n) is 11.8. The van der Waals surface area contributed by atoms with E-state index in [9.17, 15) is 0 Å². The molecule has 0 spiro atoms. The van der Waals surface area contributed by atoms with Crippen molar-refractivity contribution < 1.29 is 35.7 Å².